The van der Waals surface area contributed by atoms with E-state index in [0.29, 0.717) is 35.5 Å². The van der Waals surface area contributed by atoms with Gasteiger partial charge in [-0.15, -0.1) is 9.24 Å². The van der Waals surface area contributed by atoms with Crippen molar-refractivity contribution < 1.29 is 4.84 Å². The van der Waals surface area contributed by atoms with Crippen molar-refractivity contribution in [3.8, 4) is 0 Å². The van der Waals surface area contributed by atoms with E-state index < -0.39 is 0 Å². The van der Waals surface area contributed by atoms with Crippen LogP contribution in [0.4, 0.5) is 5.69 Å². The molecule has 1 aliphatic rings. The molecule has 9 heteroatoms. The number of piperazine rings is 1. The summed E-state index contributed by atoms with van der Waals surface area (Å²) in [4.78, 5) is 24.0. The van der Waals surface area contributed by atoms with E-state index >= 15 is 0 Å². The molecule has 1 atom stereocenters. The summed E-state index contributed by atoms with van der Waals surface area (Å²) in [5.74, 6) is 0.0571. The molecule has 1 unspecified atom stereocenters. The van der Waals surface area contributed by atoms with Crippen molar-refractivity contribution in [3.63, 3.8) is 0 Å². The molecular formula is C32H39ClN5O2P. The molecule has 0 amide bonds. The second-order valence-corrected chi connectivity index (χ2v) is 11.2. The average Bonchev–Trinajstić information content (AvgIpc) is 2.97. The van der Waals surface area contributed by atoms with Crippen LogP contribution in [0.2, 0.25) is 5.02 Å². The van der Waals surface area contributed by atoms with Gasteiger partial charge < -0.3 is 24.9 Å². The Morgan fingerprint density at radius 2 is 1.85 bits per heavy atom. The fourth-order valence-corrected chi connectivity index (χ4v) is 5.36. The third kappa shape index (κ3) is 7.88. The number of pyridine rings is 1. The van der Waals surface area contributed by atoms with Gasteiger partial charge in [-0.1, -0.05) is 59.3 Å². The van der Waals surface area contributed by atoms with Crippen molar-refractivity contribution in [2.24, 2.45) is 10.9 Å². The van der Waals surface area contributed by atoms with Gasteiger partial charge in [-0.3, -0.25) is 4.79 Å². The smallest absolute Gasteiger partial charge is 0.200 e. The Morgan fingerprint density at radius 1 is 1.12 bits per heavy atom. The Kier molecular flexibility index (Phi) is 10.8. The predicted octanol–water partition coefficient (Wildman–Crippen LogP) is 5.06. The third-order valence-electron chi connectivity index (χ3n) is 7.24. The van der Waals surface area contributed by atoms with Crippen LogP contribution < -0.4 is 21.4 Å². The summed E-state index contributed by atoms with van der Waals surface area (Å²) in [6.45, 7) is 8.69. The Balaban J connectivity index is 1.68. The summed E-state index contributed by atoms with van der Waals surface area (Å²) >= 11 is 6.14. The van der Waals surface area contributed by atoms with Crippen molar-refractivity contribution in [1.29, 1.82) is 0 Å². The molecule has 0 spiro atoms. The molecule has 0 radical (unpaired) electrons. The first-order valence-corrected chi connectivity index (χ1v) is 14.8. The molecule has 0 aliphatic carbocycles. The summed E-state index contributed by atoms with van der Waals surface area (Å²) < 4.78 is 2.06. The lowest BCUT2D eigenvalue weighted by atomic mass is 10.1. The van der Waals surface area contributed by atoms with Gasteiger partial charge in [0.15, 0.2) is 11.3 Å². The topological polar surface area (TPSA) is 76.1 Å². The van der Waals surface area contributed by atoms with Gasteiger partial charge in [0.2, 0.25) is 0 Å². The summed E-state index contributed by atoms with van der Waals surface area (Å²) in [6, 6.07) is 11.8. The number of anilines is 1. The number of hydrogen-bond donors (Lipinski definition) is 1. The van der Waals surface area contributed by atoms with Gasteiger partial charge >= 0.3 is 0 Å². The van der Waals surface area contributed by atoms with Gasteiger partial charge in [0.1, 0.15) is 6.61 Å². The van der Waals surface area contributed by atoms with Gasteiger partial charge in [0.05, 0.1) is 11.1 Å². The average molecular weight is 592 g/mol. The number of nitrogens with zero attached hydrogens (tertiary/aromatic N) is 4. The van der Waals surface area contributed by atoms with Gasteiger partial charge in [-0.25, -0.2) is 0 Å². The zero-order valence-electron chi connectivity index (χ0n) is 24.0. The van der Waals surface area contributed by atoms with E-state index in [2.05, 4.69) is 41.9 Å². The number of oxime groups is 1. The maximum absolute atomic E-state index is 13.7. The minimum atomic E-state index is -0.172. The van der Waals surface area contributed by atoms with Gasteiger partial charge in [-0.05, 0) is 61.6 Å². The summed E-state index contributed by atoms with van der Waals surface area (Å²) in [6.07, 6.45) is 12.5. The lowest BCUT2D eigenvalue weighted by Crippen LogP contribution is -2.45. The molecule has 0 bridgehead atoms. The molecule has 41 heavy (non-hydrogen) atoms. The monoisotopic (exact) mass is 591 g/mol. The number of halogens is 1. The number of likely N-dealkylation sites (N-methyl/N-ethyl adjacent to an activating group) is 1. The fourth-order valence-electron chi connectivity index (χ4n) is 4.81. The van der Waals surface area contributed by atoms with Crippen molar-refractivity contribution in [1.82, 2.24) is 9.47 Å². The molecule has 0 saturated carbocycles. The van der Waals surface area contributed by atoms with Crippen LogP contribution in [-0.2, 0) is 11.4 Å². The van der Waals surface area contributed by atoms with E-state index in [1.165, 1.54) is 0 Å². The highest BCUT2D eigenvalue weighted by molar-refractivity contribution is 7.28. The lowest BCUT2D eigenvalue weighted by Gasteiger charge is -2.35. The fraction of sp³-hybridized carbons (Fsp3) is 0.312. The highest BCUT2D eigenvalue weighted by atomic mass is 35.5. The normalized spacial score (nSPS) is 15.5. The van der Waals surface area contributed by atoms with Crippen LogP contribution >= 0.6 is 20.8 Å². The minimum Gasteiger partial charge on any atom is -0.394 e. The lowest BCUT2D eigenvalue weighted by molar-refractivity contribution is 0.148. The second kappa shape index (κ2) is 14.5. The largest absolute Gasteiger partial charge is 0.394 e. The van der Waals surface area contributed by atoms with Crippen LogP contribution in [0.1, 0.15) is 31.4 Å². The van der Waals surface area contributed by atoms with E-state index in [0.717, 1.165) is 53.8 Å². The van der Waals surface area contributed by atoms with Crippen LogP contribution in [0.3, 0.4) is 0 Å². The molecule has 216 valence electrons. The Labute approximate surface area is 249 Å². The molecule has 1 aliphatic heterocycles. The highest BCUT2D eigenvalue weighted by Gasteiger charge is 2.20. The number of hydrogen-bond acceptors (Lipinski definition) is 5. The van der Waals surface area contributed by atoms with Gasteiger partial charge in [-0.2, -0.15) is 0 Å². The molecule has 2 aromatic carbocycles. The summed E-state index contributed by atoms with van der Waals surface area (Å²) in [5, 5.41) is 6.37. The standard InChI is InChI=1S/C32H39ClN5O2P/c1-4-6-7-8-23(5-2)13-18-40-35-32(34)27-22-38(21-24-9-11-25(33)12-10-24)28-20-29(30(41)19-26(28)31(27)39)37-16-14-36(3)15-17-37/h4-12,19-20,22H,13-18,21,41H2,1-3H3,(H2,34,35)/b6-4-,8-7-,23-5+. The first-order valence-electron chi connectivity index (χ1n) is 13.9. The molecule has 2 heterocycles. The predicted molar refractivity (Wildman–Crippen MR) is 177 cm³/mol. The first kappa shape index (κ1) is 30.6. The van der Waals surface area contributed by atoms with Crippen molar-refractivity contribution in [2.75, 3.05) is 44.7 Å². The Bertz CT molecular complexity index is 1530. The van der Waals surface area contributed by atoms with Gasteiger partial charge in [0, 0.05) is 61.4 Å². The Morgan fingerprint density at radius 3 is 2.54 bits per heavy atom. The summed E-state index contributed by atoms with van der Waals surface area (Å²) in [5.41, 5.74) is 10.6. The number of amidine groups is 1. The summed E-state index contributed by atoms with van der Waals surface area (Å²) in [7, 11) is 4.95. The van der Waals surface area contributed by atoms with E-state index in [4.69, 9.17) is 22.2 Å². The molecule has 3 aromatic rings. The molecule has 1 aromatic heterocycles. The van der Waals surface area contributed by atoms with Crippen LogP contribution in [-0.4, -0.2) is 55.1 Å². The number of benzene rings is 2. The maximum Gasteiger partial charge on any atom is 0.200 e. The maximum atomic E-state index is 13.7. The number of aromatic nitrogens is 1. The number of fused-ring (bicyclic) bond motifs is 1. The van der Waals surface area contributed by atoms with Crippen LogP contribution in [0.5, 0.6) is 0 Å². The van der Waals surface area contributed by atoms with Crippen LogP contribution in [0.15, 0.2) is 88.5 Å². The molecule has 7 nitrogen and oxygen atoms in total. The first-order chi connectivity index (χ1) is 19.8. The van der Waals surface area contributed by atoms with Crippen molar-refractivity contribution in [3.05, 3.63) is 105 Å². The molecular weight excluding hydrogens is 553 g/mol. The zero-order chi connectivity index (χ0) is 29.4. The van der Waals surface area contributed by atoms with Crippen molar-refractivity contribution in [2.45, 2.75) is 26.8 Å². The van der Waals surface area contributed by atoms with Gasteiger partial charge in [0.25, 0.3) is 0 Å². The minimum absolute atomic E-state index is 0.0571. The number of nitrogens with two attached hydrogens (primary N) is 1. The number of rotatable bonds is 10. The quantitative estimate of drug-likeness (QED) is 0.0891. The Hall–Kier alpha value is -3.38. The molecule has 1 saturated heterocycles. The van der Waals surface area contributed by atoms with Crippen molar-refractivity contribution >= 4 is 48.6 Å². The highest BCUT2D eigenvalue weighted by Crippen LogP contribution is 2.24. The number of allylic oxidation sites excluding steroid dienone is 5. The van der Waals surface area contributed by atoms with E-state index in [-0.39, 0.29) is 11.3 Å². The van der Waals surface area contributed by atoms with E-state index in [1.54, 1.807) is 6.20 Å². The van der Waals surface area contributed by atoms with Crippen LogP contribution in [0.25, 0.3) is 10.9 Å². The van der Waals surface area contributed by atoms with Crippen LogP contribution in [0, 0.1) is 0 Å². The molecule has 2 N–H and O–H groups in total. The molecule has 4 rings (SSSR count). The third-order valence-corrected chi connectivity index (χ3v) is 7.96. The molecule has 1 fully saturated rings. The second-order valence-electron chi connectivity index (χ2n) is 10.2. The zero-order valence-corrected chi connectivity index (χ0v) is 25.9. The van der Waals surface area contributed by atoms with E-state index in [9.17, 15) is 4.79 Å². The van der Waals surface area contributed by atoms with E-state index in [1.807, 2.05) is 74.6 Å². The SMILES string of the molecule is C\C=C/C=C\C(=C/C)CCO/N=C(\N)c1cn(Cc2ccc(Cl)cc2)c2cc(N3CCN(C)CC3)c(P)cc2c1=O.